The second kappa shape index (κ2) is 8.45. The van der Waals surface area contributed by atoms with Crippen LogP contribution < -0.4 is 26.1 Å². The summed E-state index contributed by atoms with van der Waals surface area (Å²) < 4.78 is 12.3. The third-order valence-corrected chi connectivity index (χ3v) is 3.81. The highest BCUT2D eigenvalue weighted by Gasteiger charge is 2.15. The highest BCUT2D eigenvalue weighted by molar-refractivity contribution is 7.71. The van der Waals surface area contributed by atoms with E-state index in [1.807, 2.05) is 0 Å². The lowest BCUT2D eigenvalue weighted by molar-refractivity contribution is -0.121. The number of carbonyl (C=O) groups is 1. The number of ether oxygens (including phenoxy) is 2. The minimum atomic E-state index is -0.372. The van der Waals surface area contributed by atoms with Crippen molar-refractivity contribution in [1.29, 1.82) is 0 Å². The number of benzene rings is 1. The van der Waals surface area contributed by atoms with Crippen LogP contribution in [0.2, 0.25) is 0 Å². The zero-order chi connectivity index (χ0) is 18.4. The maximum atomic E-state index is 12.1. The molecule has 0 aliphatic rings. The molecule has 0 saturated heterocycles. The minimum Gasteiger partial charge on any atom is -0.497 e. The Morgan fingerprint density at radius 1 is 1.32 bits per heavy atom. The van der Waals surface area contributed by atoms with Crippen LogP contribution in [0.5, 0.6) is 11.5 Å². The number of amides is 1. The van der Waals surface area contributed by atoms with Crippen LogP contribution in [-0.4, -0.2) is 42.8 Å². The van der Waals surface area contributed by atoms with Crippen molar-refractivity contribution in [2.75, 3.05) is 27.3 Å². The van der Waals surface area contributed by atoms with E-state index >= 15 is 0 Å². The summed E-state index contributed by atoms with van der Waals surface area (Å²) in [6, 6.07) is 6.54. The molecule has 9 heteroatoms. The van der Waals surface area contributed by atoms with Gasteiger partial charge in [-0.15, -0.1) is 0 Å². The summed E-state index contributed by atoms with van der Waals surface area (Å²) in [5.41, 5.74) is 6.06. The molecule has 1 amide bonds. The molecule has 0 bridgehead atoms. The summed E-state index contributed by atoms with van der Waals surface area (Å²) in [5.74, 6) is 0.842. The maximum Gasteiger partial charge on any atom is 0.252 e. The second-order valence-corrected chi connectivity index (χ2v) is 5.50. The van der Waals surface area contributed by atoms with Gasteiger partial charge in [0.15, 0.2) is 4.77 Å². The topological polar surface area (TPSA) is 111 Å². The molecule has 134 valence electrons. The Kier molecular flexibility index (Phi) is 6.31. The Morgan fingerprint density at radius 2 is 2.08 bits per heavy atom. The molecule has 1 aromatic carbocycles. The number of rotatable bonds is 7. The Labute approximate surface area is 149 Å². The molecule has 0 spiro atoms. The number of hydrogen-bond donors (Lipinski definition) is 3. The van der Waals surface area contributed by atoms with E-state index in [-0.39, 0.29) is 22.8 Å². The van der Waals surface area contributed by atoms with Gasteiger partial charge in [0.25, 0.3) is 5.56 Å². The van der Waals surface area contributed by atoms with E-state index in [1.54, 1.807) is 18.2 Å². The molecule has 4 N–H and O–H groups in total. The van der Waals surface area contributed by atoms with E-state index in [9.17, 15) is 9.59 Å². The molecular formula is C16H20N4O4S. The fraction of sp³-hybridized carbons (Fsp3) is 0.312. The van der Waals surface area contributed by atoms with Crippen molar-refractivity contribution in [3.8, 4) is 22.8 Å². The van der Waals surface area contributed by atoms with E-state index < -0.39 is 0 Å². The van der Waals surface area contributed by atoms with Crippen LogP contribution in [0.4, 0.5) is 0 Å². The van der Waals surface area contributed by atoms with Crippen LogP contribution in [0.25, 0.3) is 11.3 Å². The van der Waals surface area contributed by atoms with Gasteiger partial charge in [-0.25, -0.2) is 0 Å². The van der Waals surface area contributed by atoms with Crippen LogP contribution in [-0.2, 0) is 11.3 Å². The molecule has 8 nitrogen and oxygen atoms in total. The maximum absolute atomic E-state index is 12.1. The SMILES string of the molecule is COc1ccc(OC)c(-c2cc(=O)[nH]c(=S)n2CC(=O)NCCN)c1. The Balaban J connectivity index is 2.59. The summed E-state index contributed by atoms with van der Waals surface area (Å²) in [4.78, 5) is 26.5. The van der Waals surface area contributed by atoms with Gasteiger partial charge in [-0.1, -0.05) is 0 Å². The van der Waals surface area contributed by atoms with Crippen molar-refractivity contribution >= 4 is 18.1 Å². The Bertz CT molecular complexity index is 875. The van der Waals surface area contributed by atoms with Gasteiger partial charge in [-0.2, -0.15) is 0 Å². The summed E-state index contributed by atoms with van der Waals surface area (Å²) in [7, 11) is 3.06. The minimum absolute atomic E-state index is 0.0642. The Hall–Kier alpha value is -2.65. The number of hydrogen-bond acceptors (Lipinski definition) is 6. The molecular weight excluding hydrogens is 344 g/mol. The number of nitrogens with two attached hydrogens (primary N) is 1. The second-order valence-electron chi connectivity index (χ2n) is 5.11. The van der Waals surface area contributed by atoms with Gasteiger partial charge in [-0.3, -0.25) is 14.6 Å². The number of carbonyl (C=O) groups excluding carboxylic acids is 1. The number of aromatic nitrogens is 2. The van der Waals surface area contributed by atoms with Crippen molar-refractivity contribution in [3.05, 3.63) is 39.4 Å². The molecule has 0 atom stereocenters. The molecule has 0 aliphatic heterocycles. The van der Waals surface area contributed by atoms with E-state index in [1.165, 1.54) is 24.9 Å². The van der Waals surface area contributed by atoms with E-state index in [2.05, 4.69) is 10.3 Å². The first-order valence-electron chi connectivity index (χ1n) is 7.53. The molecule has 0 radical (unpaired) electrons. The number of nitrogens with zero attached hydrogens (tertiary/aromatic N) is 1. The largest absolute Gasteiger partial charge is 0.497 e. The van der Waals surface area contributed by atoms with Gasteiger partial charge in [-0.05, 0) is 30.4 Å². The molecule has 1 aromatic heterocycles. The van der Waals surface area contributed by atoms with Crippen LogP contribution in [0, 0.1) is 4.77 Å². The van der Waals surface area contributed by atoms with Crippen molar-refractivity contribution in [3.63, 3.8) is 0 Å². The third kappa shape index (κ3) is 4.46. The molecule has 0 saturated carbocycles. The van der Waals surface area contributed by atoms with Crippen LogP contribution in [0.3, 0.4) is 0 Å². The number of methoxy groups -OCH3 is 2. The molecule has 2 aromatic rings. The number of nitrogens with one attached hydrogen (secondary N) is 2. The monoisotopic (exact) mass is 364 g/mol. The first kappa shape index (κ1) is 18.7. The third-order valence-electron chi connectivity index (χ3n) is 3.48. The van der Waals surface area contributed by atoms with Crippen molar-refractivity contribution in [2.45, 2.75) is 6.54 Å². The van der Waals surface area contributed by atoms with E-state index in [0.29, 0.717) is 35.8 Å². The van der Waals surface area contributed by atoms with Gasteiger partial charge in [0, 0.05) is 24.7 Å². The number of H-pyrrole nitrogens is 1. The lowest BCUT2D eigenvalue weighted by Crippen LogP contribution is -2.33. The summed E-state index contributed by atoms with van der Waals surface area (Å²) in [5, 5.41) is 2.67. The summed E-state index contributed by atoms with van der Waals surface area (Å²) >= 11 is 5.23. The van der Waals surface area contributed by atoms with Crippen molar-refractivity contribution in [2.24, 2.45) is 5.73 Å². The quantitative estimate of drug-likeness (QED) is 0.623. The standard InChI is InChI=1S/C16H20N4O4S/c1-23-10-3-4-13(24-2)11(7-10)12-8-14(21)19-16(25)20(12)9-15(22)18-6-5-17/h3-4,7-8H,5-6,9,17H2,1-2H3,(H,18,22)(H,19,21,25). The summed E-state index contributed by atoms with van der Waals surface area (Å²) in [6.45, 7) is 0.623. The highest BCUT2D eigenvalue weighted by Crippen LogP contribution is 2.32. The zero-order valence-corrected chi connectivity index (χ0v) is 14.8. The molecule has 2 rings (SSSR count). The van der Waals surface area contributed by atoms with Gasteiger partial charge >= 0.3 is 0 Å². The van der Waals surface area contributed by atoms with Gasteiger partial charge in [0.2, 0.25) is 5.91 Å². The summed E-state index contributed by atoms with van der Waals surface area (Å²) in [6.07, 6.45) is 0. The molecule has 1 heterocycles. The van der Waals surface area contributed by atoms with Crippen molar-refractivity contribution in [1.82, 2.24) is 14.9 Å². The van der Waals surface area contributed by atoms with Gasteiger partial charge in [0.05, 0.1) is 19.9 Å². The predicted octanol–water partition coefficient (Wildman–Crippen LogP) is 0.665. The average molecular weight is 364 g/mol. The van der Waals surface area contributed by atoms with E-state index in [4.69, 9.17) is 27.4 Å². The van der Waals surface area contributed by atoms with Crippen LogP contribution in [0.15, 0.2) is 29.1 Å². The molecule has 0 aliphatic carbocycles. The van der Waals surface area contributed by atoms with Gasteiger partial charge in [0.1, 0.15) is 18.0 Å². The van der Waals surface area contributed by atoms with Gasteiger partial charge < -0.3 is 25.1 Å². The van der Waals surface area contributed by atoms with E-state index in [0.717, 1.165) is 0 Å². The molecule has 0 fully saturated rings. The first-order valence-corrected chi connectivity index (χ1v) is 7.94. The first-order chi connectivity index (χ1) is 12.0. The van der Waals surface area contributed by atoms with Crippen LogP contribution >= 0.6 is 12.2 Å². The normalized spacial score (nSPS) is 10.4. The molecule has 0 unspecified atom stereocenters. The Morgan fingerprint density at radius 3 is 2.72 bits per heavy atom. The average Bonchev–Trinajstić information content (AvgIpc) is 2.61. The fourth-order valence-electron chi connectivity index (χ4n) is 2.33. The smallest absolute Gasteiger partial charge is 0.252 e. The fourth-order valence-corrected chi connectivity index (χ4v) is 2.59. The zero-order valence-electron chi connectivity index (χ0n) is 14.0. The van der Waals surface area contributed by atoms with Crippen molar-refractivity contribution < 1.29 is 14.3 Å². The molecule has 25 heavy (non-hydrogen) atoms. The highest BCUT2D eigenvalue weighted by atomic mass is 32.1. The lowest BCUT2D eigenvalue weighted by atomic mass is 10.1. The van der Waals surface area contributed by atoms with Crippen LogP contribution in [0.1, 0.15) is 0 Å². The number of aromatic amines is 1. The predicted molar refractivity (Wildman–Crippen MR) is 96.5 cm³/mol. The lowest BCUT2D eigenvalue weighted by Gasteiger charge is -2.16.